The Labute approximate surface area is 169 Å². The zero-order valence-corrected chi connectivity index (χ0v) is 16.4. The Hall–Kier alpha value is -1.85. The summed E-state index contributed by atoms with van der Waals surface area (Å²) in [7, 11) is 0. The maximum Gasteiger partial charge on any atom is 0.267 e. The molecule has 1 aliphatic rings. The van der Waals surface area contributed by atoms with Crippen LogP contribution in [0.5, 0.6) is 0 Å². The molecule has 2 aromatic rings. The van der Waals surface area contributed by atoms with Gasteiger partial charge >= 0.3 is 0 Å². The fourth-order valence-electron chi connectivity index (χ4n) is 3.50. The number of hydrogen-bond donors (Lipinski definition) is 2. The Morgan fingerprint density at radius 2 is 2.00 bits per heavy atom. The van der Waals surface area contributed by atoms with Crippen LogP contribution in [0.3, 0.4) is 0 Å². The quantitative estimate of drug-likeness (QED) is 0.409. The molecule has 0 radical (unpaired) electrons. The molecule has 4 nitrogen and oxygen atoms in total. The van der Waals surface area contributed by atoms with E-state index in [0.717, 1.165) is 42.1 Å². The SMILES string of the molecule is O=C(/C=C/c1ccc(C2CCCN2CCc2ccc(Cl)cc2Cl)cc1)NO. The highest BCUT2D eigenvalue weighted by atomic mass is 35.5. The highest BCUT2D eigenvalue weighted by Crippen LogP contribution is 2.32. The summed E-state index contributed by atoms with van der Waals surface area (Å²) >= 11 is 12.3. The Morgan fingerprint density at radius 3 is 2.70 bits per heavy atom. The van der Waals surface area contributed by atoms with Gasteiger partial charge in [0.1, 0.15) is 0 Å². The molecule has 3 rings (SSSR count). The average molecular weight is 405 g/mol. The molecule has 27 heavy (non-hydrogen) atoms. The van der Waals surface area contributed by atoms with E-state index in [1.54, 1.807) is 17.6 Å². The fourth-order valence-corrected chi connectivity index (χ4v) is 4.00. The zero-order chi connectivity index (χ0) is 19.2. The van der Waals surface area contributed by atoms with Crippen molar-refractivity contribution in [1.29, 1.82) is 0 Å². The number of rotatable bonds is 6. The number of carbonyl (C=O) groups excluding carboxylic acids is 1. The van der Waals surface area contributed by atoms with Crippen LogP contribution >= 0.6 is 23.2 Å². The lowest BCUT2D eigenvalue weighted by molar-refractivity contribution is -0.124. The monoisotopic (exact) mass is 404 g/mol. The highest BCUT2D eigenvalue weighted by molar-refractivity contribution is 6.35. The second-order valence-electron chi connectivity index (χ2n) is 6.66. The van der Waals surface area contributed by atoms with Crippen LogP contribution in [0.25, 0.3) is 6.08 Å². The maximum absolute atomic E-state index is 11.1. The molecule has 1 aliphatic heterocycles. The maximum atomic E-state index is 11.1. The summed E-state index contributed by atoms with van der Waals surface area (Å²) in [5.74, 6) is -0.540. The number of carbonyl (C=O) groups is 1. The number of hydroxylamine groups is 1. The van der Waals surface area contributed by atoms with Crippen LogP contribution in [-0.4, -0.2) is 29.1 Å². The van der Waals surface area contributed by atoms with Gasteiger partial charge in [0.05, 0.1) is 0 Å². The second kappa shape index (κ2) is 9.38. The molecule has 1 unspecified atom stereocenters. The van der Waals surface area contributed by atoms with Crippen LogP contribution in [0.4, 0.5) is 0 Å². The summed E-state index contributed by atoms with van der Waals surface area (Å²) < 4.78 is 0. The number of nitrogens with one attached hydrogen (secondary N) is 1. The lowest BCUT2D eigenvalue weighted by Gasteiger charge is -2.25. The minimum atomic E-state index is -0.540. The third kappa shape index (κ3) is 5.33. The molecule has 0 spiro atoms. The Kier molecular flexibility index (Phi) is 6.91. The molecular formula is C21H22Cl2N2O2. The molecule has 2 N–H and O–H groups in total. The van der Waals surface area contributed by atoms with Gasteiger partial charge in [-0.15, -0.1) is 0 Å². The van der Waals surface area contributed by atoms with Crippen LogP contribution in [-0.2, 0) is 11.2 Å². The topological polar surface area (TPSA) is 52.6 Å². The zero-order valence-electron chi connectivity index (χ0n) is 14.9. The van der Waals surface area contributed by atoms with Crippen LogP contribution in [0.15, 0.2) is 48.5 Å². The first-order valence-corrected chi connectivity index (χ1v) is 9.72. The van der Waals surface area contributed by atoms with Crippen LogP contribution < -0.4 is 5.48 Å². The molecule has 0 aromatic heterocycles. The molecule has 1 saturated heterocycles. The van der Waals surface area contributed by atoms with Crippen LogP contribution in [0.2, 0.25) is 10.0 Å². The van der Waals surface area contributed by atoms with Crippen molar-refractivity contribution in [3.63, 3.8) is 0 Å². The van der Waals surface area contributed by atoms with Crippen molar-refractivity contribution >= 4 is 35.2 Å². The Bertz CT molecular complexity index is 821. The van der Waals surface area contributed by atoms with Gasteiger partial charge in [-0.3, -0.25) is 14.9 Å². The third-order valence-corrected chi connectivity index (χ3v) is 5.49. The van der Waals surface area contributed by atoms with E-state index in [0.29, 0.717) is 11.1 Å². The average Bonchev–Trinajstić information content (AvgIpc) is 3.14. The molecule has 1 atom stereocenters. The predicted molar refractivity (Wildman–Crippen MR) is 109 cm³/mol. The first-order chi connectivity index (χ1) is 13.1. The van der Waals surface area contributed by atoms with E-state index in [9.17, 15) is 4.79 Å². The molecule has 6 heteroatoms. The smallest absolute Gasteiger partial charge is 0.267 e. The first-order valence-electron chi connectivity index (χ1n) is 8.97. The molecule has 2 aromatic carbocycles. The highest BCUT2D eigenvalue weighted by Gasteiger charge is 2.25. The number of likely N-dealkylation sites (tertiary alicyclic amines) is 1. The van der Waals surface area contributed by atoms with Crippen LogP contribution in [0.1, 0.15) is 35.6 Å². The number of benzene rings is 2. The van der Waals surface area contributed by atoms with Crippen molar-refractivity contribution in [3.05, 3.63) is 75.3 Å². The molecule has 0 aliphatic carbocycles. The van der Waals surface area contributed by atoms with Gasteiger partial charge in [0.25, 0.3) is 5.91 Å². The van der Waals surface area contributed by atoms with Crippen molar-refractivity contribution in [3.8, 4) is 0 Å². The number of halogens is 2. The van der Waals surface area contributed by atoms with Crippen molar-refractivity contribution in [2.75, 3.05) is 13.1 Å². The fraction of sp³-hybridized carbons (Fsp3) is 0.286. The summed E-state index contributed by atoms with van der Waals surface area (Å²) in [4.78, 5) is 13.6. The van der Waals surface area contributed by atoms with Gasteiger partial charge in [0.2, 0.25) is 0 Å². The summed E-state index contributed by atoms with van der Waals surface area (Å²) in [6.07, 6.45) is 6.18. The third-order valence-electron chi connectivity index (χ3n) is 4.91. The van der Waals surface area contributed by atoms with E-state index in [1.807, 2.05) is 24.3 Å². The lowest BCUT2D eigenvalue weighted by atomic mass is 10.0. The normalized spacial score (nSPS) is 17.5. The number of nitrogens with zero attached hydrogens (tertiary/aromatic N) is 1. The first kappa shape index (κ1) is 19.9. The van der Waals surface area contributed by atoms with Crippen molar-refractivity contribution < 1.29 is 10.0 Å². The summed E-state index contributed by atoms with van der Waals surface area (Å²) in [5.41, 5.74) is 4.90. The largest absolute Gasteiger partial charge is 0.296 e. The Morgan fingerprint density at radius 1 is 1.22 bits per heavy atom. The van der Waals surface area contributed by atoms with Crippen molar-refractivity contribution in [2.24, 2.45) is 0 Å². The van der Waals surface area contributed by atoms with Gasteiger partial charge in [-0.1, -0.05) is 53.5 Å². The van der Waals surface area contributed by atoms with Gasteiger partial charge in [-0.25, -0.2) is 5.48 Å². The van der Waals surface area contributed by atoms with E-state index >= 15 is 0 Å². The summed E-state index contributed by atoms with van der Waals surface area (Å²) in [6, 6.07) is 14.3. The molecule has 0 bridgehead atoms. The Balaban J connectivity index is 1.63. The molecule has 1 amide bonds. The molecule has 142 valence electrons. The lowest BCUT2D eigenvalue weighted by Crippen LogP contribution is -2.25. The molecule has 1 heterocycles. The van der Waals surface area contributed by atoms with Crippen molar-refractivity contribution in [2.45, 2.75) is 25.3 Å². The van der Waals surface area contributed by atoms with Gasteiger partial charge < -0.3 is 0 Å². The summed E-state index contributed by atoms with van der Waals surface area (Å²) in [5, 5.41) is 9.91. The van der Waals surface area contributed by atoms with Gasteiger partial charge in [-0.05, 0) is 60.7 Å². The number of amides is 1. The van der Waals surface area contributed by atoms with Gasteiger partial charge in [0.15, 0.2) is 0 Å². The second-order valence-corrected chi connectivity index (χ2v) is 7.50. The van der Waals surface area contributed by atoms with E-state index in [4.69, 9.17) is 28.4 Å². The predicted octanol–water partition coefficient (Wildman–Crippen LogP) is 4.89. The van der Waals surface area contributed by atoms with E-state index < -0.39 is 5.91 Å². The van der Waals surface area contributed by atoms with Crippen molar-refractivity contribution in [1.82, 2.24) is 10.4 Å². The van der Waals surface area contributed by atoms with Crippen LogP contribution in [0, 0.1) is 0 Å². The molecule has 1 fully saturated rings. The minimum absolute atomic E-state index is 0.398. The number of hydrogen-bond acceptors (Lipinski definition) is 3. The van der Waals surface area contributed by atoms with E-state index in [2.05, 4.69) is 17.0 Å². The molecule has 0 saturated carbocycles. The standard InChI is InChI=1S/C21H22Cl2N2O2/c22-18-9-8-16(19(23)14-18)11-13-25-12-1-2-20(25)17-6-3-15(4-7-17)5-10-21(26)24-27/h3-10,14,20,27H,1-2,11-13H2,(H,24,26)/b10-5+. The summed E-state index contributed by atoms with van der Waals surface area (Å²) in [6.45, 7) is 2.03. The van der Waals surface area contributed by atoms with E-state index in [1.165, 1.54) is 18.1 Å². The molecular weight excluding hydrogens is 383 g/mol. The minimum Gasteiger partial charge on any atom is -0.296 e. The van der Waals surface area contributed by atoms with E-state index in [-0.39, 0.29) is 0 Å². The van der Waals surface area contributed by atoms with Gasteiger partial charge in [-0.2, -0.15) is 0 Å². The van der Waals surface area contributed by atoms with Gasteiger partial charge in [0, 0.05) is 28.7 Å².